The maximum Gasteiger partial charge on any atom is 0.254 e. The fourth-order valence-electron chi connectivity index (χ4n) is 3.58. The summed E-state index contributed by atoms with van der Waals surface area (Å²) in [5, 5.41) is 0. The molecule has 0 atom stereocenters. The summed E-state index contributed by atoms with van der Waals surface area (Å²) >= 11 is 0. The molecule has 1 saturated heterocycles. The van der Waals surface area contributed by atoms with Crippen LogP contribution in [-0.2, 0) is 16.4 Å². The van der Waals surface area contributed by atoms with Crippen LogP contribution >= 0.6 is 0 Å². The summed E-state index contributed by atoms with van der Waals surface area (Å²) in [5.41, 5.74) is 2.64. The zero-order chi connectivity index (χ0) is 22.4. The Kier molecular flexibility index (Phi) is 7.33. The maximum atomic E-state index is 12.9. The van der Waals surface area contributed by atoms with E-state index in [1.165, 1.54) is 5.56 Å². The van der Waals surface area contributed by atoms with Crippen molar-refractivity contribution in [1.82, 2.24) is 9.80 Å². The number of hydrogen-bond acceptors (Lipinski definition) is 4. The van der Waals surface area contributed by atoms with Gasteiger partial charge in [-0.05, 0) is 48.7 Å². The molecule has 0 saturated carbocycles. The van der Waals surface area contributed by atoms with E-state index >= 15 is 0 Å². The lowest BCUT2D eigenvalue weighted by Crippen LogP contribution is -2.50. The second-order valence-electron chi connectivity index (χ2n) is 7.64. The second kappa shape index (κ2) is 9.96. The van der Waals surface area contributed by atoms with Crippen LogP contribution in [0, 0.1) is 0 Å². The average Bonchev–Trinajstić information content (AvgIpc) is 2.78. The van der Waals surface area contributed by atoms with E-state index in [2.05, 4.69) is 11.6 Å². The Morgan fingerprint density at radius 3 is 2.00 bits per heavy atom. The lowest BCUT2D eigenvalue weighted by atomic mass is 10.1. The van der Waals surface area contributed by atoms with Gasteiger partial charge in [-0.15, -0.1) is 0 Å². The molecule has 2 aromatic carbocycles. The van der Waals surface area contributed by atoms with Crippen LogP contribution in [0.3, 0.4) is 0 Å². The number of sulfonamides is 1. The van der Waals surface area contributed by atoms with Crippen LogP contribution in [0.25, 0.3) is 0 Å². The first-order chi connectivity index (χ1) is 14.8. The van der Waals surface area contributed by atoms with E-state index in [0.717, 1.165) is 6.42 Å². The van der Waals surface area contributed by atoms with Crippen LogP contribution in [0.1, 0.15) is 46.5 Å². The van der Waals surface area contributed by atoms with Gasteiger partial charge in [0.15, 0.2) is 0 Å². The van der Waals surface area contributed by atoms with Gasteiger partial charge in [-0.25, -0.2) is 8.42 Å². The molecule has 0 unspecified atom stereocenters. The van der Waals surface area contributed by atoms with Gasteiger partial charge in [-0.2, -0.15) is 0 Å². The molecule has 1 fully saturated rings. The molecule has 1 N–H and O–H groups in total. The lowest BCUT2D eigenvalue weighted by molar-refractivity contribution is 0.0535. The molecule has 0 bridgehead atoms. The van der Waals surface area contributed by atoms with Crippen molar-refractivity contribution in [2.75, 3.05) is 36.7 Å². The summed E-state index contributed by atoms with van der Waals surface area (Å²) in [6, 6.07) is 14.2. The number of benzene rings is 2. The van der Waals surface area contributed by atoms with Crippen molar-refractivity contribution in [1.29, 1.82) is 0 Å². The molecule has 0 aromatic heterocycles. The average molecular weight is 444 g/mol. The minimum absolute atomic E-state index is 0.0259. The van der Waals surface area contributed by atoms with Gasteiger partial charge < -0.3 is 9.80 Å². The van der Waals surface area contributed by atoms with E-state index in [-0.39, 0.29) is 17.6 Å². The minimum atomic E-state index is -3.42. The van der Waals surface area contributed by atoms with Gasteiger partial charge in [0.05, 0.1) is 5.75 Å². The zero-order valence-electron chi connectivity index (χ0n) is 18.0. The number of amides is 2. The first-order valence-corrected chi connectivity index (χ1v) is 12.3. The molecule has 2 aromatic rings. The molecule has 31 heavy (non-hydrogen) atoms. The molecule has 7 nitrogen and oxygen atoms in total. The maximum absolute atomic E-state index is 12.9. The van der Waals surface area contributed by atoms with Crippen LogP contribution in [0.2, 0.25) is 0 Å². The van der Waals surface area contributed by atoms with Gasteiger partial charge >= 0.3 is 0 Å². The Hall–Kier alpha value is -2.87. The van der Waals surface area contributed by atoms with E-state index in [4.69, 9.17) is 0 Å². The predicted octanol–water partition coefficient (Wildman–Crippen LogP) is 3.00. The van der Waals surface area contributed by atoms with Gasteiger partial charge in [0.1, 0.15) is 0 Å². The standard InChI is InChI=1S/C23H29N3O4S/c1-3-16-31(29,30)24-21-7-5-6-20(17-21)23(28)26-14-12-25(13-15-26)22(27)19-10-8-18(4-2)9-11-19/h5-11,17,24H,3-4,12-16H2,1-2H3. The lowest BCUT2D eigenvalue weighted by Gasteiger charge is -2.35. The summed E-state index contributed by atoms with van der Waals surface area (Å²) in [5.74, 6) is -0.166. The molecule has 1 aliphatic rings. The van der Waals surface area contributed by atoms with Crippen molar-refractivity contribution in [2.24, 2.45) is 0 Å². The Morgan fingerprint density at radius 1 is 0.871 bits per heavy atom. The topological polar surface area (TPSA) is 86.8 Å². The Balaban J connectivity index is 1.61. The van der Waals surface area contributed by atoms with E-state index < -0.39 is 10.0 Å². The number of hydrogen-bond donors (Lipinski definition) is 1. The molecular weight excluding hydrogens is 414 g/mol. The monoisotopic (exact) mass is 443 g/mol. The van der Waals surface area contributed by atoms with E-state index in [0.29, 0.717) is 49.4 Å². The number of aryl methyl sites for hydroxylation is 1. The predicted molar refractivity (Wildman–Crippen MR) is 122 cm³/mol. The summed E-state index contributed by atoms with van der Waals surface area (Å²) < 4.78 is 26.5. The Bertz CT molecular complexity index is 1030. The first kappa shape index (κ1) is 22.8. The van der Waals surface area contributed by atoms with Crippen LogP contribution in [0.5, 0.6) is 0 Å². The van der Waals surface area contributed by atoms with E-state index in [9.17, 15) is 18.0 Å². The van der Waals surface area contributed by atoms with Gasteiger partial charge in [-0.1, -0.05) is 32.0 Å². The van der Waals surface area contributed by atoms with Gasteiger partial charge in [-0.3, -0.25) is 14.3 Å². The van der Waals surface area contributed by atoms with Crippen LogP contribution in [-0.4, -0.2) is 62.0 Å². The molecule has 0 spiro atoms. The van der Waals surface area contributed by atoms with Gasteiger partial charge in [0.25, 0.3) is 11.8 Å². The smallest absolute Gasteiger partial charge is 0.254 e. The highest BCUT2D eigenvalue weighted by atomic mass is 32.2. The van der Waals surface area contributed by atoms with Crippen molar-refractivity contribution >= 4 is 27.5 Å². The molecule has 8 heteroatoms. The highest BCUT2D eigenvalue weighted by molar-refractivity contribution is 7.92. The second-order valence-corrected chi connectivity index (χ2v) is 9.48. The van der Waals surface area contributed by atoms with Crippen molar-refractivity contribution < 1.29 is 18.0 Å². The number of carbonyl (C=O) groups is 2. The Labute approximate surface area is 184 Å². The summed E-state index contributed by atoms with van der Waals surface area (Å²) in [7, 11) is -3.42. The fraction of sp³-hybridized carbons (Fsp3) is 0.391. The summed E-state index contributed by atoms with van der Waals surface area (Å²) in [6.45, 7) is 5.66. The molecule has 3 rings (SSSR count). The van der Waals surface area contributed by atoms with Crippen LogP contribution in [0.4, 0.5) is 5.69 Å². The third-order valence-corrected chi connectivity index (χ3v) is 6.81. The molecule has 2 amide bonds. The van der Waals surface area contributed by atoms with Crippen molar-refractivity contribution in [3.63, 3.8) is 0 Å². The van der Waals surface area contributed by atoms with Crippen molar-refractivity contribution in [2.45, 2.75) is 26.7 Å². The fourth-order valence-corrected chi connectivity index (χ4v) is 4.70. The third kappa shape index (κ3) is 5.85. The molecule has 166 valence electrons. The molecule has 1 heterocycles. The number of anilines is 1. The van der Waals surface area contributed by atoms with Crippen LogP contribution in [0.15, 0.2) is 48.5 Å². The Morgan fingerprint density at radius 2 is 1.45 bits per heavy atom. The van der Waals surface area contributed by atoms with Crippen molar-refractivity contribution in [3.8, 4) is 0 Å². The minimum Gasteiger partial charge on any atom is -0.335 e. The first-order valence-electron chi connectivity index (χ1n) is 10.6. The molecular formula is C23H29N3O4S. The van der Waals surface area contributed by atoms with E-state index in [1.54, 1.807) is 41.0 Å². The number of nitrogens with one attached hydrogen (secondary N) is 1. The molecule has 1 aliphatic heterocycles. The number of carbonyl (C=O) groups excluding carboxylic acids is 2. The third-order valence-electron chi connectivity index (χ3n) is 5.32. The van der Waals surface area contributed by atoms with Crippen LogP contribution < -0.4 is 4.72 Å². The number of rotatable bonds is 7. The summed E-state index contributed by atoms with van der Waals surface area (Å²) in [4.78, 5) is 29.1. The SMILES string of the molecule is CCCS(=O)(=O)Nc1cccc(C(=O)N2CCN(C(=O)c3ccc(CC)cc3)CC2)c1. The van der Waals surface area contributed by atoms with E-state index in [1.807, 2.05) is 24.3 Å². The highest BCUT2D eigenvalue weighted by Gasteiger charge is 2.25. The number of piperazine rings is 1. The quantitative estimate of drug-likeness (QED) is 0.713. The largest absolute Gasteiger partial charge is 0.335 e. The molecule has 0 aliphatic carbocycles. The van der Waals surface area contributed by atoms with Crippen molar-refractivity contribution in [3.05, 3.63) is 65.2 Å². The summed E-state index contributed by atoms with van der Waals surface area (Å²) in [6.07, 6.45) is 1.44. The number of nitrogens with zero attached hydrogens (tertiary/aromatic N) is 2. The van der Waals surface area contributed by atoms with Gasteiger partial charge in [0.2, 0.25) is 10.0 Å². The highest BCUT2D eigenvalue weighted by Crippen LogP contribution is 2.17. The molecule has 0 radical (unpaired) electrons. The zero-order valence-corrected chi connectivity index (χ0v) is 18.8. The normalized spacial score (nSPS) is 14.4. The van der Waals surface area contributed by atoms with Gasteiger partial charge in [0, 0.05) is 43.0 Å².